The van der Waals surface area contributed by atoms with Gasteiger partial charge in [-0.1, -0.05) is 62.2 Å². The van der Waals surface area contributed by atoms with E-state index in [0.717, 1.165) is 22.6 Å². The maximum absolute atomic E-state index is 11.9. The van der Waals surface area contributed by atoms with Crippen LogP contribution in [0.25, 0.3) is 0 Å². The highest BCUT2D eigenvalue weighted by atomic mass is 79.9. The molecule has 0 aliphatic rings. The van der Waals surface area contributed by atoms with Crippen LogP contribution in [0.2, 0.25) is 0 Å². The van der Waals surface area contributed by atoms with Gasteiger partial charge in [-0.2, -0.15) is 0 Å². The molecule has 0 atom stereocenters. The summed E-state index contributed by atoms with van der Waals surface area (Å²) in [5.74, 6) is 0. The summed E-state index contributed by atoms with van der Waals surface area (Å²) >= 11 is 6.71. The Morgan fingerprint density at radius 2 is 1.83 bits per heavy atom. The van der Waals surface area contributed by atoms with Crippen LogP contribution >= 0.6 is 31.9 Å². The fraction of sp³-hybridized carbons (Fsp3) is 0.462. The topological polar surface area (TPSA) is 29.5 Å². The third-order valence-electron chi connectivity index (χ3n) is 2.38. The first kappa shape index (κ1) is 15.5. The van der Waals surface area contributed by atoms with Crippen molar-refractivity contribution in [1.82, 2.24) is 4.90 Å². The van der Waals surface area contributed by atoms with Gasteiger partial charge in [0.2, 0.25) is 0 Å². The molecule has 0 aliphatic heterocycles. The molecular formula is C13H17Br2NO2. The Hall–Kier alpha value is -0.550. The zero-order valence-electron chi connectivity index (χ0n) is 10.1. The highest BCUT2D eigenvalue weighted by molar-refractivity contribution is 9.09. The second kappa shape index (κ2) is 9.39. The average molecular weight is 379 g/mol. The molecular weight excluding hydrogens is 362 g/mol. The summed E-state index contributed by atoms with van der Waals surface area (Å²) in [7, 11) is 0. The molecule has 100 valence electrons. The lowest BCUT2D eigenvalue weighted by Crippen LogP contribution is -2.34. The molecule has 0 saturated carbocycles. The molecule has 3 nitrogen and oxygen atoms in total. The molecule has 0 aromatic heterocycles. The molecule has 0 heterocycles. The van der Waals surface area contributed by atoms with Crippen molar-refractivity contribution in [1.29, 1.82) is 0 Å². The van der Waals surface area contributed by atoms with Gasteiger partial charge < -0.3 is 9.64 Å². The Balaban J connectivity index is 2.40. The molecule has 1 rings (SSSR count). The van der Waals surface area contributed by atoms with E-state index in [1.54, 1.807) is 4.90 Å². The van der Waals surface area contributed by atoms with Crippen molar-refractivity contribution >= 4 is 38.0 Å². The Bertz CT molecular complexity index is 346. The maximum Gasteiger partial charge on any atom is 0.410 e. The number of benzene rings is 1. The number of alkyl halides is 2. The number of hydrogen-bond donors (Lipinski definition) is 0. The first-order chi connectivity index (χ1) is 8.77. The quantitative estimate of drug-likeness (QED) is 0.675. The van der Waals surface area contributed by atoms with Crippen LogP contribution in [0.15, 0.2) is 30.3 Å². The molecule has 18 heavy (non-hydrogen) atoms. The van der Waals surface area contributed by atoms with Crippen molar-refractivity contribution in [2.24, 2.45) is 0 Å². The lowest BCUT2D eigenvalue weighted by Gasteiger charge is -2.20. The molecule has 0 N–H and O–H groups in total. The van der Waals surface area contributed by atoms with Crippen LogP contribution < -0.4 is 0 Å². The van der Waals surface area contributed by atoms with Crippen LogP contribution in [-0.2, 0) is 11.3 Å². The molecule has 5 heteroatoms. The highest BCUT2D eigenvalue weighted by Crippen LogP contribution is 2.05. The molecule has 0 spiro atoms. The van der Waals surface area contributed by atoms with Crippen molar-refractivity contribution in [3.63, 3.8) is 0 Å². The number of rotatable bonds is 7. The number of carbonyl (C=O) groups is 1. The van der Waals surface area contributed by atoms with Crippen LogP contribution in [0.1, 0.15) is 12.0 Å². The van der Waals surface area contributed by atoms with Crippen LogP contribution in [0.4, 0.5) is 4.79 Å². The molecule has 0 bridgehead atoms. The average Bonchev–Trinajstić information content (AvgIpc) is 2.42. The molecule has 1 amide bonds. The highest BCUT2D eigenvalue weighted by Gasteiger charge is 2.13. The van der Waals surface area contributed by atoms with Crippen LogP contribution in [0, 0.1) is 0 Å². The lowest BCUT2D eigenvalue weighted by atomic mass is 10.2. The second-order valence-electron chi connectivity index (χ2n) is 3.76. The number of halogens is 2. The smallest absolute Gasteiger partial charge is 0.410 e. The van der Waals surface area contributed by atoms with Gasteiger partial charge in [0, 0.05) is 23.7 Å². The lowest BCUT2D eigenvalue weighted by molar-refractivity contribution is 0.0986. The summed E-state index contributed by atoms with van der Waals surface area (Å²) in [6, 6.07) is 9.70. The molecule has 0 unspecified atom stereocenters. The zero-order valence-corrected chi connectivity index (χ0v) is 13.3. The van der Waals surface area contributed by atoms with Gasteiger partial charge in [0.25, 0.3) is 0 Å². The Morgan fingerprint density at radius 3 is 2.44 bits per heavy atom. The largest absolute Gasteiger partial charge is 0.445 e. The van der Waals surface area contributed by atoms with Gasteiger partial charge >= 0.3 is 6.09 Å². The van der Waals surface area contributed by atoms with Gasteiger partial charge in [0.05, 0.1) is 0 Å². The molecule has 1 aromatic carbocycles. The van der Waals surface area contributed by atoms with Gasteiger partial charge in [0.15, 0.2) is 0 Å². The summed E-state index contributed by atoms with van der Waals surface area (Å²) in [6.45, 7) is 1.71. The van der Waals surface area contributed by atoms with Crippen molar-refractivity contribution in [3.05, 3.63) is 35.9 Å². The van der Waals surface area contributed by atoms with Gasteiger partial charge in [-0.05, 0) is 12.0 Å². The summed E-state index contributed by atoms with van der Waals surface area (Å²) in [4.78, 5) is 13.6. The van der Waals surface area contributed by atoms with Gasteiger partial charge in [-0.3, -0.25) is 0 Å². The van der Waals surface area contributed by atoms with Gasteiger partial charge in [-0.15, -0.1) is 0 Å². The second-order valence-corrected chi connectivity index (χ2v) is 5.34. The van der Waals surface area contributed by atoms with Crippen LogP contribution in [-0.4, -0.2) is 34.7 Å². The predicted octanol–water partition coefficient (Wildman–Crippen LogP) is 3.81. The van der Waals surface area contributed by atoms with Crippen LogP contribution in [0.5, 0.6) is 0 Å². The Kier molecular flexibility index (Phi) is 8.09. The normalized spacial score (nSPS) is 10.1. The van der Waals surface area contributed by atoms with E-state index in [1.165, 1.54) is 0 Å². The molecule has 0 aliphatic carbocycles. The number of ether oxygens (including phenoxy) is 1. The Morgan fingerprint density at radius 1 is 1.11 bits per heavy atom. The fourth-order valence-corrected chi connectivity index (χ4v) is 2.14. The van der Waals surface area contributed by atoms with E-state index in [1.807, 2.05) is 30.3 Å². The number of nitrogens with zero attached hydrogens (tertiary/aromatic N) is 1. The van der Waals surface area contributed by atoms with Gasteiger partial charge in [0.1, 0.15) is 6.61 Å². The Labute approximate surface area is 125 Å². The third-order valence-corrected chi connectivity index (χ3v) is 3.29. The number of carbonyl (C=O) groups excluding carboxylic acids is 1. The van der Waals surface area contributed by atoms with Crippen LogP contribution in [0.3, 0.4) is 0 Å². The summed E-state index contributed by atoms with van der Waals surface area (Å²) in [6.07, 6.45) is 0.673. The fourth-order valence-electron chi connectivity index (χ4n) is 1.46. The van der Waals surface area contributed by atoms with E-state index in [-0.39, 0.29) is 6.09 Å². The summed E-state index contributed by atoms with van der Waals surface area (Å²) < 4.78 is 5.29. The summed E-state index contributed by atoms with van der Waals surface area (Å²) in [5.41, 5.74) is 1.00. The minimum absolute atomic E-state index is 0.251. The van der Waals surface area contributed by atoms with Crippen molar-refractivity contribution in [2.75, 3.05) is 23.7 Å². The maximum atomic E-state index is 11.9. The van der Waals surface area contributed by atoms with Crippen molar-refractivity contribution in [2.45, 2.75) is 13.0 Å². The van der Waals surface area contributed by atoms with E-state index in [2.05, 4.69) is 31.9 Å². The van der Waals surface area contributed by atoms with E-state index in [0.29, 0.717) is 19.7 Å². The van der Waals surface area contributed by atoms with Gasteiger partial charge in [-0.25, -0.2) is 4.79 Å². The minimum Gasteiger partial charge on any atom is -0.445 e. The number of hydrogen-bond acceptors (Lipinski definition) is 2. The van der Waals surface area contributed by atoms with Crippen molar-refractivity contribution < 1.29 is 9.53 Å². The van der Waals surface area contributed by atoms with Crippen molar-refractivity contribution in [3.8, 4) is 0 Å². The third kappa shape index (κ3) is 5.87. The van der Waals surface area contributed by atoms with E-state index >= 15 is 0 Å². The van der Waals surface area contributed by atoms with E-state index < -0.39 is 0 Å². The number of amides is 1. The SMILES string of the molecule is O=C(OCc1ccccc1)N(CCBr)CCCBr. The first-order valence-corrected chi connectivity index (χ1v) is 8.09. The monoisotopic (exact) mass is 377 g/mol. The van der Waals surface area contributed by atoms with E-state index in [9.17, 15) is 4.79 Å². The molecule has 0 fully saturated rings. The molecule has 0 radical (unpaired) electrons. The standard InChI is InChI=1S/C13H17Br2NO2/c14-7-4-9-16(10-8-15)13(17)18-11-12-5-2-1-3-6-12/h1-3,5-6H,4,7-11H2. The molecule has 0 saturated heterocycles. The zero-order chi connectivity index (χ0) is 13.2. The first-order valence-electron chi connectivity index (χ1n) is 5.85. The van der Waals surface area contributed by atoms with E-state index in [4.69, 9.17) is 4.74 Å². The summed E-state index contributed by atoms with van der Waals surface area (Å²) in [5, 5.41) is 1.65. The predicted molar refractivity (Wildman–Crippen MR) is 80.4 cm³/mol. The minimum atomic E-state index is -0.251. The molecule has 1 aromatic rings.